The van der Waals surface area contributed by atoms with Crippen LogP contribution in [0.4, 0.5) is 0 Å². The summed E-state index contributed by atoms with van der Waals surface area (Å²) in [6.45, 7) is 1.56. The number of aromatic nitrogens is 3. The molecule has 2 aromatic heterocycles. The van der Waals surface area contributed by atoms with Crippen LogP contribution < -0.4 is 0 Å². The van der Waals surface area contributed by atoms with Crippen molar-refractivity contribution in [2.24, 2.45) is 5.92 Å². The Kier molecular flexibility index (Phi) is 4.37. The van der Waals surface area contributed by atoms with E-state index in [1.807, 2.05) is 23.2 Å². The van der Waals surface area contributed by atoms with Gasteiger partial charge in [0.1, 0.15) is 5.69 Å². The molecule has 3 aromatic rings. The van der Waals surface area contributed by atoms with Crippen molar-refractivity contribution in [2.45, 2.75) is 19.3 Å². The van der Waals surface area contributed by atoms with Gasteiger partial charge in [-0.05, 0) is 42.9 Å². The van der Waals surface area contributed by atoms with E-state index in [4.69, 9.17) is 0 Å². The largest absolute Gasteiger partial charge is 0.337 e. The molecule has 4 rings (SSSR count). The first kappa shape index (κ1) is 15.7. The molecule has 0 spiro atoms. The first-order chi connectivity index (χ1) is 12.3. The number of piperidine rings is 1. The monoisotopic (exact) mass is 332 g/mol. The second-order valence-corrected chi connectivity index (χ2v) is 6.54. The van der Waals surface area contributed by atoms with Gasteiger partial charge < -0.3 is 4.90 Å². The molecule has 1 unspecified atom stereocenters. The van der Waals surface area contributed by atoms with Gasteiger partial charge in [-0.1, -0.05) is 18.2 Å². The number of hydrogen-bond donors (Lipinski definition) is 0. The van der Waals surface area contributed by atoms with Gasteiger partial charge in [-0.3, -0.25) is 14.8 Å². The summed E-state index contributed by atoms with van der Waals surface area (Å²) in [5.74, 6) is 0.442. The highest BCUT2D eigenvalue weighted by atomic mass is 16.2. The predicted molar refractivity (Wildman–Crippen MR) is 96.1 cm³/mol. The van der Waals surface area contributed by atoms with E-state index in [-0.39, 0.29) is 5.91 Å². The zero-order chi connectivity index (χ0) is 17.1. The van der Waals surface area contributed by atoms with Gasteiger partial charge in [0.15, 0.2) is 0 Å². The van der Waals surface area contributed by atoms with Crippen molar-refractivity contribution in [3.63, 3.8) is 0 Å². The van der Waals surface area contributed by atoms with Gasteiger partial charge in [-0.25, -0.2) is 4.98 Å². The minimum atomic E-state index is -0.0163. The third-order valence-corrected chi connectivity index (χ3v) is 4.83. The lowest BCUT2D eigenvalue weighted by Gasteiger charge is -2.32. The van der Waals surface area contributed by atoms with Gasteiger partial charge in [-0.15, -0.1) is 0 Å². The Hall–Kier alpha value is -2.82. The molecule has 1 fully saturated rings. The van der Waals surface area contributed by atoms with E-state index in [2.05, 4.69) is 33.2 Å². The fraction of sp³-hybridized carbons (Fsp3) is 0.300. The van der Waals surface area contributed by atoms with E-state index in [1.165, 1.54) is 10.9 Å². The van der Waals surface area contributed by atoms with Crippen LogP contribution in [0, 0.1) is 5.92 Å². The summed E-state index contributed by atoms with van der Waals surface area (Å²) in [5, 5.41) is 1.21. The Morgan fingerprint density at radius 2 is 2.08 bits per heavy atom. The molecule has 1 atom stereocenters. The first-order valence-corrected chi connectivity index (χ1v) is 8.69. The topological polar surface area (TPSA) is 59.0 Å². The van der Waals surface area contributed by atoms with Crippen LogP contribution in [0.5, 0.6) is 0 Å². The zero-order valence-corrected chi connectivity index (χ0v) is 14.0. The molecule has 1 aliphatic rings. The second kappa shape index (κ2) is 6.97. The third-order valence-electron chi connectivity index (χ3n) is 4.83. The van der Waals surface area contributed by atoms with Crippen LogP contribution in [0.25, 0.3) is 10.9 Å². The fourth-order valence-electron chi connectivity index (χ4n) is 3.64. The molecule has 126 valence electrons. The number of amides is 1. The molecule has 0 N–H and O–H groups in total. The SMILES string of the molecule is O=C(c1cnccn1)N1CCCC(Cc2cccc3ncccc23)C1. The number of carbonyl (C=O) groups is 1. The number of benzene rings is 1. The van der Waals surface area contributed by atoms with E-state index >= 15 is 0 Å². The summed E-state index contributed by atoms with van der Waals surface area (Å²) in [6.07, 6.45) is 9.66. The molecule has 5 heteroatoms. The van der Waals surface area contributed by atoms with Crippen molar-refractivity contribution in [1.29, 1.82) is 0 Å². The smallest absolute Gasteiger partial charge is 0.274 e. The van der Waals surface area contributed by atoms with Crippen LogP contribution in [0.15, 0.2) is 55.1 Å². The van der Waals surface area contributed by atoms with E-state index in [0.717, 1.165) is 37.9 Å². The average Bonchev–Trinajstić information content (AvgIpc) is 2.69. The first-order valence-electron chi connectivity index (χ1n) is 8.69. The Balaban J connectivity index is 1.51. The van der Waals surface area contributed by atoms with Crippen LogP contribution in [-0.4, -0.2) is 38.8 Å². The minimum Gasteiger partial charge on any atom is -0.337 e. The zero-order valence-electron chi connectivity index (χ0n) is 14.0. The molecule has 1 amide bonds. The normalized spacial score (nSPS) is 17.6. The summed E-state index contributed by atoms with van der Waals surface area (Å²) < 4.78 is 0. The highest BCUT2D eigenvalue weighted by molar-refractivity contribution is 5.92. The van der Waals surface area contributed by atoms with Crippen LogP contribution in [0.2, 0.25) is 0 Å². The number of rotatable bonds is 3. The van der Waals surface area contributed by atoms with Crippen molar-refractivity contribution >= 4 is 16.8 Å². The van der Waals surface area contributed by atoms with Crippen molar-refractivity contribution < 1.29 is 4.79 Å². The van der Waals surface area contributed by atoms with Gasteiger partial charge in [0.05, 0.1) is 11.7 Å². The lowest BCUT2D eigenvalue weighted by atomic mass is 9.89. The molecule has 0 saturated carbocycles. The molecule has 3 heterocycles. The molecular formula is C20H20N4O. The van der Waals surface area contributed by atoms with Crippen molar-refractivity contribution in [3.8, 4) is 0 Å². The number of carbonyl (C=O) groups excluding carboxylic acids is 1. The summed E-state index contributed by atoms with van der Waals surface area (Å²) in [7, 11) is 0. The van der Waals surface area contributed by atoms with E-state index in [0.29, 0.717) is 11.6 Å². The second-order valence-electron chi connectivity index (χ2n) is 6.54. The molecule has 0 aliphatic carbocycles. The maximum Gasteiger partial charge on any atom is 0.274 e. The lowest BCUT2D eigenvalue weighted by molar-refractivity contribution is 0.0667. The van der Waals surface area contributed by atoms with Crippen LogP contribution >= 0.6 is 0 Å². The molecule has 25 heavy (non-hydrogen) atoms. The van der Waals surface area contributed by atoms with Crippen LogP contribution in [0.1, 0.15) is 28.9 Å². The van der Waals surface area contributed by atoms with Gasteiger partial charge in [0.2, 0.25) is 0 Å². The highest BCUT2D eigenvalue weighted by Crippen LogP contribution is 2.25. The molecular weight excluding hydrogens is 312 g/mol. The minimum absolute atomic E-state index is 0.0163. The number of nitrogens with zero attached hydrogens (tertiary/aromatic N) is 4. The predicted octanol–water partition coefficient (Wildman–Crippen LogP) is 3.12. The van der Waals surface area contributed by atoms with E-state index < -0.39 is 0 Å². The maximum absolute atomic E-state index is 12.6. The van der Waals surface area contributed by atoms with Crippen molar-refractivity contribution in [1.82, 2.24) is 19.9 Å². The van der Waals surface area contributed by atoms with Crippen LogP contribution in [0.3, 0.4) is 0 Å². The number of pyridine rings is 1. The standard InChI is InChI=1S/C20H20N4O/c25-20(19-13-21-9-10-23-19)24-11-3-4-15(14-24)12-16-5-1-7-18-17(16)6-2-8-22-18/h1-2,5-10,13,15H,3-4,11-12,14H2. The van der Waals surface area contributed by atoms with Gasteiger partial charge >= 0.3 is 0 Å². The Labute approximate surface area is 146 Å². The molecule has 1 aliphatic heterocycles. The molecule has 0 radical (unpaired) electrons. The van der Waals surface area contributed by atoms with Crippen molar-refractivity contribution in [3.05, 3.63) is 66.4 Å². The summed E-state index contributed by atoms with van der Waals surface area (Å²) in [4.78, 5) is 27.1. The Bertz CT molecular complexity index is 876. The maximum atomic E-state index is 12.6. The average molecular weight is 332 g/mol. The molecule has 1 saturated heterocycles. The van der Waals surface area contributed by atoms with Crippen molar-refractivity contribution in [2.75, 3.05) is 13.1 Å². The molecule has 1 aromatic carbocycles. The molecule has 0 bridgehead atoms. The molecule has 5 nitrogen and oxygen atoms in total. The van der Waals surface area contributed by atoms with Gasteiger partial charge in [-0.2, -0.15) is 0 Å². The Morgan fingerprint density at radius 3 is 2.96 bits per heavy atom. The van der Waals surface area contributed by atoms with Gasteiger partial charge in [0, 0.05) is 37.1 Å². The number of fused-ring (bicyclic) bond motifs is 1. The fourth-order valence-corrected chi connectivity index (χ4v) is 3.64. The summed E-state index contributed by atoms with van der Waals surface area (Å²) >= 11 is 0. The summed E-state index contributed by atoms with van der Waals surface area (Å²) in [6, 6.07) is 10.4. The quantitative estimate of drug-likeness (QED) is 0.739. The third kappa shape index (κ3) is 3.36. The summed E-state index contributed by atoms with van der Waals surface area (Å²) in [5.41, 5.74) is 2.77. The van der Waals surface area contributed by atoms with Crippen LogP contribution in [-0.2, 0) is 6.42 Å². The highest BCUT2D eigenvalue weighted by Gasteiger charge is 2.25. The number of likely N-dealkylation sites (tertiary alicyclic amines) is 1. The van der Waals surface area contributed by atoms with E-state index in [9.17, 15) is 4.79 Å². The lowest BCUT2D eigenvalue weighted by Crippen LogP contribution is -2.40. The van der Waals surface area contributed by atoms with E-state index in [1.54, 1.807) is 18.6 Å². The Morgan fingerprint density at radius 1 is 1.12 bits per heavy atom. The number of hydrogen-bond acceptors (Lipinski definition) is 4. The van der Waals surface area contributed by atoms with Gasteiger partial charge in [0.25, 0.3) is 5.91 Å².